The molecule has 1 aromatic heterocycles. The quantitative estimate of drug-likeness (QED) is 0.612. The second-order valence-electron chi connectivity index (χ2n) is 2.72. The lowest BCUT2D eigenvalue weighted by Crippen LogP contribution is -2.23. The zero-order valence-electron chi connectivity index (χ0n) is 7.64. The Hall–Kier alpha value is -1.07. The molecule has 0 atom stereocenters. The molecule has 1 N–H and O–H groups in total. The maximum atomic E-state index is 11.3. The van der Waals surface area contributed by atoms with Crippen LogP contribution < -0.4 is 5.69 Å². The predicted octanol–water partition coefficient (Wildman–Crippen LogP) is -0.804. The van der Waals surface area contributed by atoms with Crippen LogP contribution in [0.4, 0.5) is 0 Å². The number of hydrogen-bond acceptors (Lipinski definition) is 3. The fraction of sp³-hybridized carbons (Fsp3) is 0.625. The summed E-state index contributed by atoms with van der Waals surface area (Å²) in [5.74, 6) is 0. The van der Waals surface area contributed by atoms with E-state index in [1.165, 1.54) is 4.57 Å². The molecule has 0 saturated heterocycles. The van der Waals surface area contributed by atoms with Gasteiger partial charge in [-0.2, -0.15) is 0 Å². The SMILES string of the molecule is Cn1ccn(CCOCCO)c1=O. The van der Waals surface area contributed by atoms with Crippen molar-refractivity contribution in [2.75, 3.05) is 19.8 Å². The van der Waals surface area contributed by atoms with Crippen LogP contribution in [0.5, 0.6) is 0 Å². The fourth-order valence-electron chi connectivity index (χ4n) is 1.01. The molecule has 0 bridgehead atoms. The molecule has 0 aliphatic rings. The Morgan fingerprint density at radius 3 is 2.77 bits per heavy atom. The van der Waals surface area contributed by atoms with Crippen LogP contribution in [0.3, 0.4) is 0 Å². The third-order valence-electron chi connectivity index (χ3n) is 1.73. The van der Waals surface area contributed by atoms with Gasteiger partial charge in [0.25, 0.3) is 0 Å². The molecule has 0 unspecified atom stereocenters. The van der Waals surface area contributed by atoms with Gasteiger partial charge in [-0.1, -0.05) is 0 Å². The summed E-state index contributed by atoms with van der Waals surface area (Å²) in [6, 6.07) is 0. The van der Waals surface area contributed by atoms with E-state index in [-0.39, 0.29) is 12.3 Å². The maximum Gasteiger partial charge on any atom is 0.327 e. The molecule has 13 heavy (non-hydrogen) atoms. The largest absolute Gasteiger partial charge is 0.394 e. The Bertz CT molecular complexity index is 303. The van der Waals surface area contributed by atoms with Gasteiger partial charge in [0.05, 0.1) is 26.4 Å². The highest BCUT2D eigenvalue weighted by Gasteiger charge is 1.98. The summed E-state index contributed by atoms with van der Waals surface area (Å²) < 4.78 is 8.10. The van der Waals surface area contributed by atoms with E-state index in [2.05, 4.69) is 0 Å². The molecule has 0 spiro atoms. The zero-order valence-corrected chi connectivity index (χ0v) is 7.64. The van der Waals surface area contributed by atoms with E-state index in [0.29, 0.717) is 19.8 Å². The van der Waals surface area contributed by atoms with Gasteiger partial charge in [-0.25, -0.2) is 4.79 Å². The normalized spacial score (nSPS) is 10.6. The topological polar surface area (TPSA) is 56.4 Å². The van der Waals surface area contributed by atoms with Crippen LogP contribution >= 0.6 is 0 Å². The van der Waals surface area contributed by atoms with Gasteiger partial charge in [-0.3, -0.25) is 4.57 Å². The maximum absolute atomic E-state index is 11.3. The molecule has 0 amide bonds. The third kappa shape index (κ3) is 2.71. The summed E-state index contributed by atoms with van der Waals surface area (Å²) in [4.78, 5) is 11.3. The van der Waals surface area contributed by atoms with Crippen LogP contribution in [0.25, 0.3) is 0 Å². The predicted molar refractivity (Wildman–Crippen MR) is 47.6 cm³/mol. The van der Waals surface area contributed by atoms with E-state index >= 15 is 0 Å². The smallest absolute Gasteiger partial charge is 0.327 e. The highest BCUT2D eigenvalue weighted by molar-refractivity contribution is 4.79. The number of imidazole rings is 1. The molecule has 5 nitrogen and oxygen atoms in total. The van der Waals surface area contributed by atoms with Crippen molar-refractivity contribution in [3.63, 3.8) is 0 Å². The van der Waals surface area contributed by atoms with E-state index in [0.717, 1.165) is 0 Å². The van der Waals surface area contributed by atoms with Crippen LogP contribution in [-0.4, -0.2) is 34.1 Å². The first-order chi connectivity index (χ1) is 6.25. The Morgan fingerprint density at radius 1 is 1.46 bits per heavy atom. The first-order valence-corrected chi connectivity index (χ1v) is 4.16. The Morgan fingerprint density at radius 2 is 2.23 bits per heavy atom. The molecule has 0 saturated carbocycles. The Balaban J connectivity index is 2.37. The van der Waals surface area contributed by atoms with Crippen molar-refractivity contribution >= 4 is 0 Å². The Kier molecular flexibility index (Phi) is 3.72. The number of hydrogen-bond donors (Lipinski definition) is 1. The van der Waals surface area contributed by atoms with Crippen LogP contribution in [0.2, 0.25) is 0 Å². The molecular formula is C8H14N2O3. The number of aliphatic hydroxyl groups excluding tert-OH is 1. The summed E-state index contributed by atoms with van der Waals surface area (Å²) >= 11 is 0. The van der Waals surface area contributed by atoms with E-state index in [1.54, 1.807) is 24.0 Å². The molecule has 1 aromatic rings. The van der Waals surface area contributed by atoms with Gasteiger partial charge in [-0.05, 0) is 0 Å². The number of nitrogens with zero attached hydrogens (tertiary/aromatic N) is 2. The highest BCUT2D eigenvalue weighted by atomic mass is 16.5. The molecule has 1 rings (SSSR count). The molecule has 74 valence electrons. The zero-order chi connectivity index (χ0) is 9.68. The van der Waals surface area contributed by atoms with E-state index in [1.807, 2.05) is 0 Å². The number of ether oxygens (including phenoxy) is 1. The van der Waals surface area contributed by atoms with Gasteiger partial charge in [0.15, 0.2) is 0 Å². The number of aromatic nitrogens is 2. The lowest BCUT2D eigenvalue weighted by molar-refractivity contribution is 0.0865. The lowest BCUT2D eigenvalue weighted by atomic mass is 10.6. The summed E-state index contributed by atoms with van der Waals surface area (Å²) in [6.07, 6.45) is 3.42. The average molecular weight is 186 g/mol. The fourth-order valence-corrected chi connectivity index (χ4v) is 1.01. The summed E-state index contributed by atoms with van der Waals surface area (Å²) in [6.45, 7) is 1.31. The Labute approximate surface area is 76.2 Å². The van der Waals surface area contributed by atoms with Crippen LogP contribution in [0.15, 0.2) is 17.2 Å². The van der Waals surface area contributed by atoms with Gasteiger partial charge in [0.2, 0.25) is 0 Å². The van der Waals surface area contributed by atoms with Crippen LogP contribution in [-0.2, 0) is 18.3 Å². The van der Waals surface area contributed by atoms with E-state index in [4.69, 9.17) is 9.84 Å². The van der Waals surface area contributed by atoms with Crippen LogP contribution in [0.1, 0.15) is 0 Å². The van der Waals surface area contributed by atoms with Crippen molar-refractivity contribution in [2.24, 2.45) is 7.05 Å². The summed E-state index contributed by atoms with van der Waals surface area (Å²) in [7, 11) is 1.70. The van der Waals surface area contributed by atoms with Crippen molar-refractivity contribution < 1.29 is 9.84 Å². The first kappa shape index (κ1) is 10.0. The molecule has 1 heterocycles. The monoisotopic (exact) mass is 186 g/mol. The van der Waals surface area contributed by atoms with Gasteiger partial charge in [0, 0.05) is 19.4 Å². The molecule has 0 radical (unpaired) electrons. The minimum Gasteiger partial charge on any atom is -0.394 e. The molecule has 5 heteroatoms. The molecule has 0 aromatic carbocycles. The first-order valence-electron chi connectivity index (χ1n) is 4.16. The summed E-state index contributed by atoms with van der Waals surface area (Å²) in [5.41, 5.74) is -0.0485. The van der Waals surface area contributed by atoms with E-state index < -0.39 is 0 Å². The number of aryl methyl sites for hydroxylation is 1. The molecule has 0 aliphatic heterocycles. The van der Waals surface area contributed by atoms with Crippen molar-refractivity contribution in [1.82, 2.24) is 9.13 Å². The third-order valence-corrected chi connectivity index (χ3v) is 1.73. The second-order valence-corrected chi connectivity index (χ2v) is 2.72. The average Bonchev–Trinajstić information content (AvgIpc) is 2.43. The standard InChI is InChI=1S/C8H14N2O3/c1-9-2-3-10(8(9)12)4-6-13-7-5-11/h2-3,11H,4-7H2,1H3. The van der Waals surface area contributed by atoms with Crippen LogP contribution in [0, 0.1) is 0 Å². The highest BCUT2D eigenvalue weighted by Crippen LogP contribution is 1.83. The van der Waals surface area contributed by atoms with Crippen molar-refractivity contribution in [3.8, 4) is 0 Å². The minimum atomic E-state index is -0.0485. The second kappa shape index (κ2) is 4.84. The van der Waals surface area contributed by atoms with E-state index in [9.17, 15) is 4.79 Å². The van der Waals surface area contributed by atoms with Crippen molar-refractivity contribution in [3.05, 3.63) is 22.9 Å². The van der Waals surface area contributed by atoms with Gasteiger partial charge < -0.3 is 14.4 Å². The lowest BCUT2D eigenvalue weighted by Gasteiger charge is -2.01. The molecule has 0 aliphatic carbocycles. The van der Waals surface area contributed by atoms with Gasteiger partial charge in [-0.15, -0.1) is 0 Å². The molecule has 0 fully saturated rings. The van der Waals surface area contributed by atoms with Gasteiger partial charge in [0.1, 0.15) is 0 Å². The van der Waals surface area contributed by atoms with Gasteiger partial charge >= 0.3 is 5.69 Å². The molecular weight excluding hydrogens is 172 g/mol. The van der Waals surface area contributed by atoms with Crippen molar-refractivity contribution in [2.45, 2.75) is 6.54 Å². The number of rotatable bonds is 5. The summed E-state index contributed by atoms with van der Waals surface area (Å²) in [5, 5.41) is 8.42. The van der Waals surface area contributed by atoms with Crippen molar-refractivity contribution in [1.29, 1.82) is 0 Å². The minimum absolute atomic E-state index is 0.0175. The number of aliphatic hydroxyl groups is 1.